The first-order valence-corrected chi connectivity index (χ1v) is 10.7. The maximum absolute atomic E-state index is 12.4. The molecule has 0 radical (unpaired) electrons. The van der Waals surface area contributed by atoms with Crippen molar-refractivity contribution in [1.29, 1.82) is 0 Å². The van der Waals surface area contributed by atoms with E-state index in [1.54, 1.807) is 0 Å². The van der Waals surface area contributed by atoms with Gasteiger partial charge in [-0.2, -0.15) is 0 Å². The Balaban J connectivity index is 2.18. The van der Waals surface area contributed by atoms with Crippen molar-refractivity contribution in [2.75, 3.05) is 0 Å². The first-order chi connectivity index (χ1) is 13.9. The number of nitrogens with two attached hydrogens (primary N) is 1. The van der Waals surface area contributed by atoms with Gasteiger partial charge in [0.1, 0.15) is 0 Å². The maximum Gasteiger partial charge on any atom is 0.251 e. The quantitative estimate of drug-likeness (QED) is 0.401. The Bertz CT molecular complexity index is 1010. The molecular weight excluding hydrogens is 403 g/mol. The number of benzene rings is 2. The van der Waals surface area contributed by atoms with Crippen LogP contribution in [-0.4, -0.2) is 10.5 Å². The zero-order valence-electron chi connectivity index (χ0n) is 16.8. The first kappa shape index (κ1) is 21.5. The number of hydrogen-bond donors (Lipinski definition) is 1. The Morgan fingerprint density at radius 2 is 1.76 bits per heavy atom. The molecule has 2 N–H and O–H groups in total. The number of nitrogens with zero attached hydrogens (tertiary/aromatic N) is 1. The van der Waals surface area contributed by atoms with Gasteiger partial charge in [-0.05, 0) is 55.2 Å². The molecule has 3 aromatic rings. The topological polar surface area (TPSA) is 48.0 Å². The molecule has 2 aromatic carbocycles. The number of primary amides is 1. The fraction of sp³-hybridized carbons (Fsp3) is 0.292. The standard InChI is InChI=1S/C24H26Cl2N2O/c1-3-4-5-9-21-23(18-10-12-19(25)13-11-18)22(24(27)29)16(2)28(21)15-17-7-6-8-20(26)14-17/h6-8,10-14H,3-5,9,15H2,1-2H3,(H2,27,29). The molecule has 0 saturated heterocycles. The normalized spacial score (nSPS) is 11.0. The van der Waals surface area contributed by atoms with Gasteiger partial charge < -0.3 is 10.3 Å². The van der Waals surface area contributed by atoms with Gasteiger partial charge in [0, 0.05) is 33.5 Å². The second-order valence-corrected chi connectivity index (χ2v) is 8.20. The molecule has 3 rings (SSSR count). The number of unbranched alkanes of at least 4 members (excludes halogenated alkanes) is 2. The van der Waals surface area contributed by atoms with E-state index in [0.717, 1.165) is 53.8 Å². The van der Waals surface area contributed by atoms with E-state index in [1.807, 2.05) is 55.5 Å². The second kappa shape index (κ2) is 9.51. The van der Waals surface area contributed by atoms with Crippen LogP contribution in [0.3, 0.4) is 0 Å². The summed E-state index contributed by atoms with van der Waals surface area (Å²) >= 11 is 12.3. The molecule has 0 atom stereocenters. The van der Waals surface area contributed by atoms with E-state index in [9.17, 15) is 4.79 Å². The predicted octanol–water partition coefficient (Wildman–Crippen LogP) is 6.65. The zero-order chi connectivity index (χ0) is 21.0. The van der Waals surface area contributed by atoms with Gasteiger partial charge >= 0.3 is 0 Å². The van der Waals surface area contributed by atoms with Crippen LogP contribution in [0.4, 0.5) is 0 Å². The monoisotopic (exact) mass is 428 g/mol. The largest absolute Gasteiger partial charge is 0.366 e. The van der Waals surface area contributed by atoms with Gasteiger partial charge in [0.2, 0.25) is 0 Å². The van der Waals surface area contributed by atoms with E-state index >= 15 is 0 Å². The number of carbonyl (C=O) groups is 1. The van der Waals surface area contributed by atoms with Gasteiger partial charge in [-0.25, -0.2) is 0 Å². The summed E-state index contributed by atoms with van der Waals surface area (Å²) in [6, 6.07) is 15.4. The third-order valence-electron chi connectivity index (χ3n) is 5.26. The summed E-state index contributed by atoms with van der Waals surface area (Å²) in [6.45, 7) is 4.79. The molecule has 0 fully saturated rings. The lowest BCUT2D eigenvalue weighted by atomic mass is 9.97. The molecule has 29 heavy (non-hydrogen) atoms. The molecule has 0 spiro atoms. The number of carbonyl (C=O) groups excluding carboxylic acids is 1. The van der Waals surface area contributed by atoms with Crippen molar-refractivity contribution < 1.29 is 4.79 Å². The zero-order valence-corrected chi connectivity index (χ0v) is 18.4. The molecule has 0 aliphatic carbocycles. The van der Waals surface area contributed by atoms with Crippen molar-refractivity contribution in [2.24, 2.45) is 5.73 Å². The van der Waals surface area contributed by atoms with Gasteiger partial charge in [-0.1, -0.05) is 67.2 Å². The summed E-state index contributed by atoms with van der Waals surface area (Å²) in [5.41, 5.74) is 11.4. The Hall–Kier alpha value is -2.23. The lowest BCUT2D eigenvalue weighted by Crippen LogP contribution is -2.13. The minimum Gasteiger partial charge on any atom is -0.366 e. The fourth-order valence-electron chi connectivity index (χ4n) is 3.86. The molecule has 1 aromatic heterocycles. The van der Waals surface area contributed by atoms with Crippen molar-refractivity contribution in [1.82, 2.24) is 4.57 Å². The summed E-state index contributed by atoms with van der Waals surface area (Å²) in [5, 5.41) is 1.37. The molecule has 3 nitrogen and oxygen atoms in total. The van der Waals surface area contributed by atoms with Crippen molar-refractivity contribution in [3.8, 4) is 11.1 Å². The van der Waals surface area contributed by atoms with Crippen LogP contribution in [0.1, 0.15) is 53.5 Å². The molecule has 0 aliphatic heterocycles. The van der Waals surface area contributed by atoms with Crippen LogP contribution < -0.4 is 5.73 Å². The van der Waals surface area contributed by atoms with Crippen LogP contribution in [0.2, 0.25) is 10.0 Å². The van der Waals surface area contributed by atoms with E-state index in [2.05, 4.69) is 11.5 Å². The molecule has 1 amide bonds. The summed E-state index contributed by atoms with van der Waals surface area (Å²) in [5.74, 6) is -0.408. The Morgan fingerprint density at radius 3 is 2.38 bits per heavy atom. The van der Waals surface area contributed by atoms with Crippen LogP contribution in [-0.2, 0) is 13.0 Å². The summed E-state index contributed by atoms with van der Waals surface area (Å²) in [7, 11) is 0. The Kier molecular flexibility index (Phi) is 7.05. The number of aromatic nitrogens is 1. The number of rotatable bonds is 8. The SMILES string of the molecule is CCCCCc1c(-c2ccc(Cl)cc2)c(C(N)=O)c(C)n1Cc1cccc(Cl)c1. The van der Waals surface area contributed by atoms with Crippen LogP contribution in [0.5, 0.6) is 0 Å². The van der Waals surface area contributed by atoms with E-state index in [4.69, 9.17) is 28.9 Å². The molecule has 1 heterocycles. The second-order valence-electron chi connectivity index (χ2n) is 7.33. The highest BCUT2D eigenvalue weighted by atomic mass is 35.5. The van der Waals surface area contributed by atoms with Gasteiger partial charge in [0.05, 0.1) is 5.56 Å². The van der Waals surface area contributed by atoms with Gasteiger partial charge in [0.25, 0.3) is 5.91 Å². The lowest BCUT2D eigenvalue weighted by Gasteiger charge is -2.14. The van der Waals surface area contributed by atoms with Gasteiger partial charge in [0.15, 0.2) is 0 Å². The highest BCUT2D eigenvalue weighted by Gasteiger charge is 2.24. The molecule has 152 valence electrons. The maximum atomic E-state index is 12.4. The number of amides is 1. The highest BCUT2D eigenvalue weighted by molar-refractivity contribution is 6.30. The summed E-state index contributed by atoms with van der Waals surface area (Å²) < 4.78 is 2.21. The minimum atomic E-state index is -0.408. The summed E-state index contributed by atoms with van der Waals surface area (Å²) in [6.07, 6.45) is 4.19. The van der Waals surface area contributed by atoms with Gasteiger partial charge in [-0.3, -0.25) is 4.79 Å². The van der Waals surface area contributed by atoms with Crippen molar-refractivity contribution >= 4 is 29.1 Å². The first-order valence-electron chi connectivity index (χ1n) is 9.94. The van der Waals surface area contributed by atoms with Crippen LogP contribution in [0.25, 0.3) is 11.1 Å². The number of hydrogen-bond acceptors (Lipinski definition) is 1. The Morgan fingerprint density at radius 1 is 1.03 bits per heavy atom. The fourth-order valence-corrected chi connectivity index (χ4v) is 4.20. The highest BCUT2D eigenvalue weighted by Crippen LogP contribution is 2.35. The Labute approximate surface area is 182 Å². The van der Waals surface area contributed by atoms with E-state index in [1.165, 1.54) is 0 Å². The molecular formula is C24H26Cl2N2O. The smallest absolute Gasteiger partial charge is 0.251 e. The minimum absolute atomic E-state index is 0.408. The molecule has 0 unspecified atom stereocenters. The van der Waals surface area contributed by atoms with E-state index < -0.39 is 5.91 Å². The van der Waals surface area contributed by atoms with Crippen LogP contribution in [0, 0.1) is 6.92 Å². The summed E-state index contributed by atoms with van der Waals surface area (Å²) in [4.78, 5) is 12.4. The third-order valence-corrected chi connectivity index (χ3v) is 5.74. The average molecular weight is 429 g/mol. The van der Waals surface area contributed by atoms with Crippen molar-refractivity contribution in [3.05, 3.63) is 81.1 Å². The molecule has 0 bridgehead atoms. The number of halogens is 2. The van der Waals surface area contributed by atoms with E-state index in [0.29, 0.717) is 22.2 Å². The molecule has 5 heteroatoms. The van der Waals surface area contributed by atoms with Crippen LogP contribution >= 0.6 is 23.2 Å². The predicted molar refractivity (Wildman–Crippen MR) is 122 cm³/mol. The van der Waals surface area contributed by atoms with Crippen LogP contribution in [0.15, 0.2) is 48.5 Å². The molecule has 0 saturated carbocycles. The molecule has 0 aliphatic rings. The van der Waals surface area contributed by atoms with Crippen molar-refractivity contribution in [3.63, 3.8) is 0 Å². The average Bonchev–Trinajstić information content (AvgIpc) is 2.95. The third kappa shape index (κ3) is 4.85. The van der Waals surface area contributed by atoms with Gasteiger partial charge in [-0.15, -0.1) is 0 Å². The van der Waals surface area contributed by atoms with Crippen molar-refractivity contribution in [2.45, 2.75) is 46.1 Å². The lowest BCUT2D eigenvalue weighted by molar-refractivity contribution is 0.1000. The van der Waals surface area contributed by atoms with E-state index in [-0.39, 0.29) is 0 Å².